The van der Waals surface area contributed by atoms with Crippen molar-refractivity contribution < 1.29 is 14.4 Å². The zero-order chi connectivity index (χ0) is 21.1. The van der Waals surface area contributed by atoms with E-state index in [0.717, 1.165) is 10.9 Å². The first-order valence-electron chi connectivity index (χ1n) is 9.74. The SMILES string of the molecule is O=C(CC[C@H]1NC(=O)c2ccccc2NC1=O)NCCn1ccc2c(Cl)cccc21. The minimum atomic E-state index is -0.758. The molecule has 1 aliphatic rings. The van der Waals surface area contributed by atoms with Gasteiger partial charge in [-0.2, -0.15) is 0 Å². The van der Waals surface area contributed by atoms with Crippen LogP contribution in [0.5, 0.6) is 0 Å². The van der Waals surface area contributed by atoms with Gasteiger partial charge in [0.2, 0.25) is 11.8 Å². The summed E-state index contributed by atoms with van der Waals surface area (Å²) in [5.41, 5.74) is 1.90. The first kappa shape index (κ1) is 20.0. The van der Waals surface area contributed by atoms with Crippen molar-refractivity contribution in [1.82, 2.24) is 15.2 Å². The molecule has 0 aliphatic carbocycles. The molecule has 0 saturated carbocycles. The summed E-state index contributed by atoms with van der Waals surface area (Å²) in [6, 6.07) is 13.7. The Morgan fingerprint density at radius 1 is 1.10 bits per heavy atom. The first-order chi connectivity index (χ1) is 14.5. The lowest BCUT2D eigenvalue weighted by Gasteiger charge is -2.14. The van der Waals surface area contributed by atoms with Crippen molar-refractivity contribution in [2.24, 2.45) is 0 Å². The fraction of sp³-hybridized carbons (Fsp3) is 0.227. The zero-order valence-electron chi connectivity index (χ0n) is 16.2. The molecule has 0 saturated heterocycles. The molecule has 0 radical (unpaired) electrons. The van der Waals surface area contributed by atoms with E-state index in [2.05, 4.69) is 16.0 Å². The minimum Gasteiger partial charge on any atom is -0.354 e. The van der Waals surface area contributed by atoms with Gasteiger partial charge in [0.25, 0.3) is 5.91 Å². The van der Waals surface area contributed by atoms with E-state index in [-0.39, 0.29) is 30.6 Å². The van der Waals surface area contributed by atoms with E-state index in [1.54, 1.807) is 24.3 Å². The number of carbonyl (C=O) groups is 3. The van der Waals surface area contributed by atoms with Crippen molar-refractivity contribution in [1.29, 1.82) is 0 Å². The van der Waals surface area contributed by atoms with Gasteiger partial charge < -0.3 is 20.5 Å². The number of hydrogen-bond acceptors (Lipinski definition) is 3. The first-order valence-corrected chi connectivity index (χ1v) is 10.1. The maximum atomic E-state index is 12.4. The predicted molar refractivity (Wildman–Crippen MR) is 116 cm³/mol. The number of benzene rings is 2. The summed E-state index contributed by atoms with van der Waals surface area (Å²) in [5, 5.41) is 9.97. The molecule has 0 bridgehead atoms. The van der Waals surface area contributed by atoms with E-state index in [1.165, 1.54) is 0 Å². The van der Waals surface area contributed by atoms with Crippen LogP contribution in [0.3, 0.4) is 0 Å². The van der Waals surface area contributed by atoms with Gasteiger partial charge in [-0.05, 0) is 36.8 Å². The highest BCUT2D eigenvalue weighted by Gasteiger charge is 2.27. The van der Waals surface area contributed by atoms with Gasteiger partial charge in [0.05, 0.1) is 11.3 Å². The molecular weight excluding hydrogens is 404 g/mol. The fourth-order valence-corrected chi connectivity index (χ4v) is 3.81. The summed E-state index contributed by atoms with van der Waals surface area (Å²) in [6.45, 7) is 1.05. The van der Waals surface area contributed by atoms with Crippen molar-refractivity contribution in [2.75, 3.05) is 11.9 Å². The van der Waals surface area contributed by atoms with Crippen LogP contribution < -0.4 is 16.0 Å². The number of nitrogens with one attached hydrogen (secondary N) is 3. The average Bonchev–Trinajstić information content (AvgIpc) is 3.10. The van der Waals surface area contributed by atoms with Crippen LogP contribution in [0, 0.1) is 0 Å². The summed E-state index contributed by atoms with van der Waals surface area (Å²) in [6.07, 6.45) is 2.29. The third-order valence-corrected chi connectivity index (χ3v) is 5.48. The maximum absolute atomic E-state index is 12.4. The van der Waals surface area contributed by atoms with Crippen molar-refractivity contribution in [3.63, 3.8) is 0 Å². The molecule has 0 unspecified atom stereocenters. The molecule has 3 aromatic rings. The van der Waals surface area contributed by atoms with Crippen LogP contribution in [0.25, 0.3) is 10.9 Å². The van der Waals surface area contributed by atoms with Gasteiger partial charge in [-0.3, -0.25) is 14.4 Å². The van der Waals surface area contributed by atoms with Crippen LogP contribution in [0.1, 0.15) is 23.2 Å². The summed E-state index contributed by atoms with van der Waals surface area (Å²) in [5.74, 6) is -0.822. The van der Waals surface area contributed by atoms with E-state index in [1.807, 2.05) is 35.0 Å². The van der Waals surface area contributed by atoms with Crippen molar-refractivity contribution in [3.8, 4) is 0 Å². The Morgan fingerprint density at radius 3 is 2.80 bits per heavy atom. The lowest BCUT2D eigenvalue weighted by atomic mass is 10.1. The molecule has 0 spiro atoms. The van der Waals surface area contributed by atoms with Gasteiger partial charge in [0.1, 0.15) is 6.04 Å². The Hall–Kier alpha value is -3.32. The molecular formula is C22H21ClN4O3. The maximum Gasteiger partial charge on any atom is 0.254 e. The number of rotatable bonds is 6. The van der Waals surface area contributed by atoms with Gasteiger partial charge >= 0.3 is 0 Å². The Morgan fingerprint density at radius 2 is 1.93 bits per heavy atom. The Labute approximate surface area is 178 Å². The van der Waals surface area contributed by atoms with E-state index in [9.17, 15) is 14.4 Å². The normalized spacial score (nSPS) is 15.8. The average molecular weight is 425 g/mol. The Kier molecular flexibility index (Phi) is 5.72. The minimum absolute atomic E-state index is 0.132. The number of aromatic nitrogens is 1. The van der Waals surface area contributed by atoms with Crippen molar-refractivity contribution in [2.45, 2.75) is 25.4 Å². The van der Waals surface area contributed by atoms with Crippen LogP contribution in [-0.4, -0.2) is 34.9 Å². The Bertz CT molecular complexity index is 1120. The second-order valence-corrected chi connectivity index (χ2v) is 7.54. The lowest BCUT2D eigenvalue weighted by Crippen LogP contribution is -2.42. The monoisotopic (exact) mass is 424 g/mol. The molecule has 3 amide bonds. The van der Waals surface area contributed by atoms with Gasteiger partial charge in [-0.15, -0.1) is 0 Å². The Balaban J connectivity index is 1.28. The number of halogens is 1. The lowest BCUT2D eigenvalue weighted by molar-refractivity contribution is -0.121. The van der Waals surface area contributed by atoms with E-state index in [4.69, 9.17) is 11.6 Å². The molecule has 2 heterocycles. The van der Waals surface area contributed by atoms with Gasteiger partial charge in [0, 0.05) is 41.6 Å². The molecule has 1 atom stereocenters. The van der Waals surface area contributed by atoms with Crippen LogP contribution in [0.2, 0.25) is 5.02 Å². The largest absolute Gasteiger partial charge is 0.354 e. The number of amides is 3. The molecule has 1 aromatic heterocycles. The molecule has 3 N–H and O–H groups in total. The fourth-order valence-electron chi connectivity index (χ4n) is 3.58. The quantitative estimate of drug-likeness (QED) is 0.568. The van der Waals surface area contributed by atoms with Gasteiger partial charge in [0.15, 0.2) is 0 Å². The van der Waals surface area contributed by atoms with Crippen molar-refractivity contribution >= 4 is 45.9 Å². The highest BCUT2D eigenvalue weighted by Crippen LogP contribution is 2.24. The summed E-state index contributed by atoms with van der Waals surface area (Å²) >= 11 is 6.19. The molecule has 0 fully saturated rings. The highest BCUT2D eigenvalue weighted by atomic mass is 35.5. The number of anilines is 1. The molecule has 4 rings (SSSR count). The number of para-hydroxylation sites is 1. The predicted octanol–water partition coefficient (Wildman–Crippen LogP) is 2.94. The van der Waals surface area contributed by atoms with E-state index < -0.39 is 6.04 Å². The van der Waals surface area contributed by atoms with Crippen LogP contribution in [0.15, 0.2) is 54.7 Å². The molecule has 30 heavy (non-hydrogen) atoms. The zero-order valence-corrected chi connectivity index (χ0v) is 16.9. The van der Waals surface area contributed by atoms with Gasteiger partial charge in [-0.1, -0.05) is 29.8 Å². The molecule has 1 aliphatic heterocycles. The second kappa shape index (κ2) is 8.59. The molecule has 8 heteroatoms. The summed E-state index contributed by atoms with van der Waals surface area (Å²) < 4.78 is 2.03. The van der Waals surface area contributed by atoms with Gasteiger partial charge in [-0.25, -0.2) is 0 Å². The van der Waals surface area contributed by atoms with E-state index in [0.29, 0.717) is 29.4 Å². The number of fused-ring (bicyclic) bond motifs is 2. The van der Waals surface area contributed by atoms with E-state index >= 15 is 0 Å². The smallest absolute Gasteiger partial charge is 0.254 e. The summed E-state index contributed by atoms with van der Waals surface area (Å²) in [4.78, 5) is 36.9. The van der Waals surface area contributed by atoms with Crippen molar-refractivity contribution in [3.05, 3.63) is 65.3 Å². The topological polar surface area (TPSA) is 92.2 Å². The molecule has 7 nitrogen and oxygen atoms in total. The van der Waals surface area contributed by atoms with Crippen LogP contribution in [0.4, 0.5) is 5.69 Å². The number of nitrogens with zero attached hydrogens (tertiary/aromatic N) is 1. The molecule has 2 aromatic carbocycles. The third-order valence-electron chi connectivity index (χ3n) is 5.15. The number of carbonyl (C=O) groups excluding carboxylic acids is 3. The third kappa shape index (κ3) is 4.16. The van der Waals surface area contributed by atoms with Crippen LogP contribution in [-0.2, 0) is 16.1 Å². The highest BCUT2D eigenvalue weighted by molar-refractivity contribution is 6.35. The standard InChI is InChI=1S/C22H21ClN4O3/c23-16-5-3-7-19-14(16)10-12-27(19)13-11-24-20(28)9-8-18-22(30)25-17-6-2-1-4-15(17)21(29)26-18/h1-7,10,12,18H,8-9,11,13H2,(H,24,28)(H,25,30)(H,26,29)/t18-/m1/s1. The molecule has 154 valence electrons. The number of hydrogen-bond donors (Lipinski definition) is 3. The summed E-state index contributed by atoms with van der Waals surface area (Å²) in [7, 11) is 0. The second-order valence-electron chi connectivity index (χ2n) is 7.13. The van der Waals surface area contributed by atoms with Crippen LogP contribution >= 0.6 is 11.6 Å².